The average Bonchev–Trinajstić information content (AvgIpc) is 3.46. The third-order valence-corrected chi connectivity index (χ3v) is 9.54. The van der Waals surface area contributed by atoms with Crippen LogP contribution < -0.4 is 20.9 Å². The number of pyridine rings is 1. The molecular weight excluding hydrogens is 635 g/mol. The number of hydrogen-bond acceptors (Lipinski definition) is 9. The largest absolute Gasteiger partial charge is 0.348 e. The van der Waals surface area contributed by atoms with Crippen molar-refractivity contribution in [3.05, 3.63) is 124 Å². The van der Waals surface area contributed by atoms with E-state index in [1.54, 1.807) is 18.3 Å². The first kappa shape index (κ1) is 32.2. The summed E-state index contributed by atoms with van der Waals surface area (Å²) in [6, 6.07) is 29.6. The van der Waals surface area contributed by atoms with Crippen LogP contribution in [0, 0.1) is 5.92 Å². The normalized spacial score (nSPS) is 15.9. The number of amides is 3. The number of imide groups is 1. The molecule has 2 aliphatic heterocycles. The molecule has 4 heterocycles. The van der Waals surface area contributed by atoms with Crippen LogP contribution in [0.5, 0.6) is 0 Å². The number of anilines is 1. The Hall–Kier alpha value is -5.39. The molecule has 7 rings (SSSR count). The molecule has 0 unspecified atom stereocenters. The van der Waals surface area contributed by atoms with Gasteiger partial charge in [-0.3, -0.25) is 19.7 Å². The molecule has 2 saturated heterocycles. The maximum absolute atomic E-state index is 13.1. The number of carbonyl (C=O) groups excluding carboxylic acids is 3. The lowest BCUT2D eigenvalue weighted by Crippen LogP contribution is -2.38. The SMILES string of the molecule is O=C1NC(=O)C(=Cc2ccnc(N3CCC(CNCc4cc5ccccc5nc4-c4cccc(C(=O)NCc5ccccc5)c4)CC3)n2)S1. The Morgan fingerprint density at radius 2 is 1.73 bits per heavy atom. The fraction of sp³-hybridized carbons (Fsp3) is 0.211. The zero-order valence-corrected chi connectivity index (χ0v) is 27.6. The second-order valence-electron chi connectivity index (χ2n) is 12.1. The van der Waals surface area contributed by atoms with Gasteiger partial charge >= 0.3 is 0 Å². The van der Waals surface area contributed by atoms with E-state index in [2.05, 4.69) is 43.0 Å². The third-order valence-electron chi connectivity index (χ3n) is 8.73. The minimum atomic E-state index is -0.398. The van der Waals surface area contributed by atoms with E-state index in [4.69, 9.17) is 4.98 Å². The zero-order chi connectivity index (χ0) is 33.6. The van der Waals surface area contributed by atoms with Crippen LogP contribution >= 0.6 is 11.8 Å². The predicted octanol–water partition coefficient (Wildman–Crippen LogP) is 5.95. The lowest BCUT2D eigenvalue weighted by Gasteiger charge is -2.32. The van der Waals surface area contributed by atoms with Gasteiger partial charge < -0.3 is 15.5 Å². The Bertz CT molecular complexity index is 2040. The number of thioether (sulfide) groups is 1. The molecule has 49 heavy (non-hydrogen) atoms. The highest BCUT2D eigenvalue weighted by molar-refractivity contribution is 8.18. The number of carbonyl (C=O) groups is 3. The van der Waals surface area contributed by atoms with Gasteiger partial charge in [-0.25, -0.2) is 15.0 Å². The molecule has 2 aromatic heterocycles. The molecule has 3 N–H and O–H groups in total. The van der Waals surface area contributed by atoms with Crippen LogP contribution in [-0.2, 0) is 17.9 Å². The number of benzene rings is 3. The number of aromatic nitrogens is 3. The summed E-state index contributed by atoms with van der Waals surface area (Å²) in [7, 11) is 0. The van der Waals surface area contributed by atoms with Crippen LogP contribution in [0.2, 0.25) is 0 Å². The van der Waals surface area contributed by atoms with Gasteiger partial charge in [0.25, 0.3) is 17.1 Å². The summed E-state index contributed by atoms with van der Waals surface area (Å²) in [5.74, 6) is 0.590. The highest BCUT2D eigenvalue weighted by Crippen LogP contribution is 2.28. The number of piperidine rings is 1. The lowest BCUT2D eigenvalue weighted by molar-refractivity contribution is -0.115. The molecular formula is C38H35N7O3S. The van der Waals surface area contributed by atoms with Gasteiger partial charge in [0.05, 0.1) is 21.8 Å². The van der Waals surface area contributed by atoms with E-state index in [1.165, 1.54) is 0 Å². The molecule has 0 aliphatic carbocycles. The number of para-hydroxylation sites is 1. The number of rotatable bonds is 10. The van der Waals surface area contributed by atoms with Crippen molar-refractivity contribution in [3.63, 3.8) is 0 Å². The van der Waals surface area contributed by atoms with Crippen LogP contribution in [0.15, 0.2) is 102 Å². The number of hydrogen-bond donors (Lipinski definition) is 3. The van der Waals surface area contributed by atoms with Gasteiger partial charge in [-0.1, -0.05) is 60.7 Å². The molecule has 0 spiro atoms. The summed E-state index contributed by atoms with van der Waals surface area (Å²) in [6.07, 6.45) is 5.28. The van der Waals surface area contributed by atoms with Gasteiger partial charge in [0, 0.05) is 48.9 Å². The smallest absolute Gasteiger partial charge is 0.290 e. The average molecular weight is 670 g/mol. The van der Waals surface area contributed by atoms with Crippen LogP contribution in [0.4, 0.5) is 10.7 Å². The van der Waals surface area contributed by atoms with Gasteiger partial charge in [-0.05, 0) is 84.6 Å². The number of nitrogens with zero attached hydrogens (tertiary/aromatic N) is 4. The molecule has 0 radical (unpaired) electrons. The van der Waals surface area contributed by atoms with Gasteiger partial charge in [0.1, 0.15) is 0 Å². The first-order chi connectivity index (χ1) is 24.0. The van der Waals surface area contributed by atoms with Crippen LogP contribution in [-0.4, -0.2) is 51.6 Å². The van der Waals surface area contributed by atoms with Crippen molar-refractivity contribution in [1.82, 2.24) is 30.9 Å². The molecule has 11 heteroatoms. The van der Waals surface area contributed by atoms with E-state index >= 15 is 0 Å². The van der Waals surface area contributed by atoms with Gasteiger partial charge in [-0.15, -0.1) is 0 Å². The summed E-state index contributed by atoms with van der Waals surface area (Å²) in [5.41, 5.74) is 6.00. The van der Waals surface area contributed by atoms with E-state index in [0.717, 1.165) is 77.5 Å². The molecule has 2 aliphatic rings. The van der Waals surface area contributed by atoms with Crippen LogP contribution in [0.1, 0.15) is 40.0 Å². The van der Waals surface area contributed by atoms with Crippen molar-refractivity contribution in [2.45, 2.75) is 25.9 Å². The van der Waals surface area contributed by atoms with Gasteiger partial charge in [-0.2, -0.15) is 0 Å². The predicted molar refractivity (Wildman–Crippen MR) is 193 cm³/mol. The number of nitrogens with one attached hydrogen (secondary N) is 3. The summed E-state index contributed by atoms with van der Waals surface area (Å²) >= 11 is 0.879. The van der Waals surface area contributed by atoms with E-state index in [9.17, 15) is 14.4 Å². The van der Waals surface area contributed by atoms with Crippen LogP contribution in [0.3, 0.4) is 0 Å². The summed E-state index contributed by atoms with van der Waals surface area (Å²) in [6.45, 7) is 3.61. The Balaban J connectivity index is 0.992. The van der Waals surface area contributed by atoms with Crippen molar-refractivity contribution in [1.29, 1.82) is 0 Å². The fourth-order valence-corrected chi connectivity index (χ4v) is 6.80. The Morgan fingerprint density at radius 3 is 2.55 bits per heavy atom. The van der Waals surface area contributed by atoms with Crippen molar-refractivity contribution in [2.75, 3.05) is 24.5 Å². The first-order valence-corrected chi connectivity index (χ1v) is 17.1. The van der Waals surface area contributed by atoms with Gasteiger partial charge in [0.2, 0.25) is 5.95 Å². The van der Waals surface area contributed by atoms with Crippen molar-refractivity contribution in [2.24, 2.45) is 5.92 Å². The van der Waals surface area contributed by atoms with E-state index in [0.29, 0.717) is 41.1 Å². The summed E-state index contributed by atoms with van der Waals surface area (Å²) < 4.78 is 0. The second kappa shape index (κ2) is 14.8. The van der Waals surface area contributed by atoms with Crippen LogP contribution in [0.25, 0.3) is 28.2 Å². The van der Waals surface area contributed by atoms with Crippen molar-refractivity contribution >= 4 is 51.7 Å². The van der Waals surface area contributed by atoms with E-state index in [1.807, 2.05) is 72.8 Å². The summed E-state index contributed by atoms with van der Waals surface area (Å²) in [5, 5.41) is 9.69. The highest BCUT2D eigenvalue weighted by Gasteiger charge is 2.26. The molecule has 0 saturated carbocycles. The quantitative estimate of drug-likeness (QED) is 0.155. The third kappa shape index (κ3) is 7.85. The monoisotopic (exact) mass is 669 g/mol. The lowest BCUT2D eigenvalue weighted by atomic mass is 9.96. The Kier molecular flexibility index (Phi) is 9.72. The maximum atomic E-state index is 13.1. The molecule has 3 aromatic carbocycles. The first-order valence-electron chi connectivity index (χ1n) is 16.3. The Morgan fingerprint density at radius 1 is 0.918 bits per heavy atom. The van der Waals surface area contributed by atoms with Gasteiger partial charge in [0.15, 0.2) is 0 Å². The Labute approximate surface area is 288 Å². The standard InChI is InChI=1S/C38H35N7O3S/c46-35(41-23-25-7-2-1-3-8-25)29-11-6-10-28(20-29)34-30(19-27-9-4-5-12-32(27)43-34)24-39-22-26-14-17-45(18-15-26)37-40-16-13-31(42-37)21-33-36(47)44-38(48)49-33/h1-13,16,19-21,26,39H,14-15,17-18,22-24H2,(H,41,46)(H,44,47,48). The molecule has 3 amide bonds. The minimum Gasteiger partial charge on any atom is -0.348 e. The van der Waals surface area contributed by atoms with E-state index in [-0.39, 0.29) is 11.1 Å². The molecule has 2 fully saturated rings. The second-order valence-corrected chi connectivity index (χ2v) is 13.1. The zero-order valence-electron chi connectivity index (χ0n) is 26.8. The topological polar surface area (TPSA) is 129 Å². The maximum Gasteiger partial charge on any atom is 0.290 e. The molecule has 0 atom stereocenters. The molecule has 0 bridgehead atoms. The number of fused-ring (bicyclic) bond motifs is 1. The van der Waals surface area contributed by atoms with E-state index < -0.39 is 5.91 Å². The minimum absolute atomic E-state index is 0.122. The summed E-state index contributed by atoms with van der Waals surface area (Å²) in [4.78, 5) is 53.2. The molecule has 5 aromatic rings. The molecule has 10 nitrogen and oxygen atoms in total. The van der Waals surface area contributed by atoms with Crippen molar-refractivity contribution < 1.29 is 14.4 Å². The van der Waals surface area contributed by atoms with Crippen molar-refractivity contribution in [3.8, 4) is 11.3 Å². The highest BCUT2D eigenvalue weighted by atomic mass is 32.2. The fourth-order valence-electron chi connectivity index (χ4n) is 6.13. The molecule has 246 valence electrons.